The van der Waals surface area contributed by atoms with Crippen molar-refractivity contribution in [3.05, 3.63) is 77.0 Å². The van der Waals surface area contributed by atoms with Gasteiger partial charge >= 0.3 is 0 Å². The van der Waals surface area contributed by atoms with Crippen molar-refractivity contribution < 1.29 is 4.79 Å². The molecule has 3 heterocycles. The molecule has 1 amide bonds. The van der Waals surface area contributed by atoms with Crippen LogP contribution in [0.5, 0.6) is 0 Å². The van der Waals surface area contributed by atoms with Gasteiger partial charge in [0.05, 0.1) is 5.92 Å². The van der Waals surface area contributed by atoms with E-state index in [2.05, 4.69) is 39.5 Å². The van der Waals surface area contributed by atoms with Crippen molar-refractivity contribution in [2.75, 3.05) is 13.1 Å². The van der Waals surface area contributed by atoms with E-state index in [1.54, 1.807) is 19.3 Å². The Bertz CT molecular complexity index is 1080. The van der Waals surface area contributed by atoms with Gasteiger partial charge in [0.2, 0.25) is 11.5 Å². The number of benzene rings is 1. The highest BCUT2D eigenvalue weighted by atomic mass is 16.2. The fourth-order valence-electron chi connectivity index (χ4n) is 4.09. The van der Waals surface area contributed by atoms with Gasteiger partial charge in [-0.3, -0.25) is 14.6 Å². The molecule has 1 unspecified atom stereocenters. The first-order valence-electron chi connectivity index (χ1n) is 11.1. The average Bonchev–Trinajstić information content (AvgIpc) is 3.65. The number of nitrogens with zero attached hydrogens (tertiary/aromatic N) is 3. The molecule has 0 radical (unpaired) electrons. The number of carbonyl (C=O) groups is 1. The molecule has 5 rings (SSSR count). The number of amides is 1. The molecular formula is C25H30N4O2. The van der Waals surface area contributed by atoms with Crippen LogP contribution in [0.2, 0.25) is 0 Å². The van der Waals surface area contributed by atoms with Gasteiger partial charge in [0.1, 0.15) is 0 Å². The highest BCUT2D eigenvalue weighted by Gasteiger charge is 2.36. The highest BCUT2D eigenvalue weighted by molar-refractivity contribution is 5.86. The molecule has 1 aliphatic carbocycles. The first kappa shape index (κ1) is 21.2. The molecule has 31 heavy (non-hydrogen) atoms. The van der Waals surface area contributed by atoms with Gasteiger partial charge in [0.25, 0.3) is 0 Å². The molecular weight excluding hydrogens is 388 g/mol. The summed E-state index contributed by atoms with van der Waals surface area (Å²) < 4.78 is 1.53. The second kappa shape index (κ2) is 9.88. The molecule has 162 valence electrons. The minimum absolute atomic E-state index is 0.0347. The van der Waals surface area contributed by atoms with E-state index in [0.717, 1.165) is 50.7 Å². The van der Waals surface area contributed by atoms with E-state index in [4.69, 9.17) is 0 Å². The predicted octanol–water partition coefficient (Wildman–Crippen LogP) is 3.11. The van der Waals surface area contributed by atoms with E-state index in [0.29, 0.717) is 11.9 Å². The maximum Gasteiger partial charge on any atom is 0.250 e. The van der Waals surface area contributed by atoms with Crippen LogP contribution in [-0.4, -0.2) is 39.5 Å². The van der Waals surface area contributed by atoms with Crippen LogP contribution < -0.4 is 10.9 Å². The predicted molar refractivity (Wildman–Crippen MR) is 123 cm³/mol. The normalized spacial score (nSPS) is 18.2. The van der Waals surface area contributed by atoms with E-state index in [9.17, 15) is 9.59 Å². The van der Waals surface area contributed by atoms with Crippen molar-refractivity contribution in [2.45, 2.75) is 38.3 Å². The monoisotopic (exact) mass is 418 g/mol. The number of hydrogen-bond donors (Lipinski definition) is 1. The number of hydrogen-bond acceptors (Lipinski definition) is 4. The van der Waals surface area contributed by atoms with Crippen LogP contribution in [0.3, 0.4) is 0 Å². The zero-order valence-corrected chi connectivity index (χ0v) is 18.0. The summed E-state index contributed by atoms with van der Waals surface area (Å²) in [6.07, 6.45) is 9.88. The number of nitrogens with one attached hydrogen (secondary N) is 1. The molecule has 1 aliphatic heterocycles. The van der Waals surface area contributed by atoms with Gasteiger partial charge in [0, 0.05) is 56.2 Å². The lowest BCUT2D eigenvalue weighted by atomic mass is 9.97. The van der Waals surface area contributed by atoms with Gasteiger partial charge in [0.15, 0.2) is 0 Å². The number of rotatable bonds is 4. The summed E-state index contributed by atoms with van der Waals surface area (Å²) in [5, 5.41) is 5.72. The highest BCUT2D eigenvalue weighted by Crippen LogP contribution is 2.32. The summed E-state index contributed by atoms with van der Waals surface area (Å²) in [6.45, 7) is 2.60. The summed E-state index contributed by atoms with van der Waals surface area (Å²) >= 11 is 0. The zero-order valence-electron chi connectivity index (χ0n) is 18.0. The lowest BCUT2D eigenvalue weighted by Crippen LogP contribution is -2.43. The van der Waals surface area contributed by atoms with Crippen LogP contribution in [0.15, 0.2) is 65.8 Å². The molecule has 1 N–H and O–H groups in total. The van der Waals surface area contributed by atoms with Gasteiger partial charge in [-0.25, -0.2) is 0 Å². The third kappa shape index (κ3) is 5.39. The molecule has 2 aromatic heterocycles. The third-order valence-corrected chi connectivity index (χ3v) is 6.04. The summed E-state index contributed by atoms with van der Waals surface area (Å²) in [5.74, 6) is 0.492. The molecule has 1 saturated carbocycles. The van der Waals surface area contributed by atoms with Crippen molar-refractivity contribution in [1.82, 2.24) is 19.8 Å². The van der Waals surface area contributed by atoms with E-state index in [1.807, 2.05) is 18.5 Å². The third-order valence-electron chi connectivity index (χ3n) is 6.04. The first-order valence-corrected chi connectivity index (χ1v) is 11.1. The van der Waals surface area contributed by atoms with E-state index < -0.39 is 0 Å². The largest absolute Gasteiger partial charge is 0.335 e. The Morgan fingerprint density at radius 3 is 2.71 bits per heavy atom. The van der Waals surface area contributed by atoms with Gasteiger partial charge in [-0.15, -0.1) is 0 Å². The fourth-order valence-corrected chi connectivity index (χ4v) is 4.09. The number of aromatic nitrogens is 2. The minimum atomic E-state index is 0.0347. The lowest BCUT2D eigenvalue weighted by Gasteiger charge is -2.30. The quantitative estimate of drug-likeness (QED) is 0.707. The van der Waals surface area contributed by atoms with E-state index >= 15 is 0 Å². The van der Waals surface area contributed by atoms with Crippen LogP contribution in [-0.2, 0) is 18.4 Å². The van der Waals surface area contributed by atoms with Crippen molar-refractivity contribution in [3.63, 3.8) is 0 Å². The minimum Gasteiger partial charge on any atom is -0.335 e. The zero-order chi connectivity index (χ0) is 21.6. The number of pyridine rings is 2. The van der Waals surface area contributed by atoms with Crippen molar-refractivity contribution >= 4 is 16.7 Å². The molecule has 3 aromatic rings. The van der Waals surface area contributed by atoms with Gasteiger partial charge in [-0.05, 0) is 55.3 Å². The Morgan fingerprint density at radius 1 is 1.16 bits per heavy atom. The Kier molecular flexibility index (Phi) is 6.77. The smallest absolute Gasteiger partial charge is 0.250 e. The molecule has 6 heteroatoms. The molecule has 1 saturated heterocycles. The summed E-state index contributed by atoms with van der Waals surface area (Å²) in [7, 11) is 1.72. The standard InChI is InChI=1S/C19H23N3O.C6H7NO/c23-19(15-5-2-9-20-12-15)22(17-6-7-17)13-16-4-1-3-14-11-21-10-8-18(14)16;1-7-5-3-2-4-6(7)8/h1,3-4,8,10-11,15,17,20H,2,5-7,9,12-13H2;2-5H,1H3. The summed E-state index contributed by atoms with van der Waals surface area (Å²) in [5.41, 5.74) is 1.27. The topological polar surface area (TPSA) is 67.2 Å². The number of aryl methyl sites for hydroxylation is 1. The number of fused-ring (bicyclic) bond motifs is 1. The Labute approximate surface area is 182 Å². The van der Waals surface area contributed by atoms with Crippen LogP contribution in [0.4, 0.5) is 0 Å². The van der Waals surface area contributed by atoms with Gasteiger partial charge < -0.3 is 14.8 Å². The van der Waals surface area contributed by atoms with E-state index in [1.165, 1.54) is 21.6 Å². The van der Waals surface area contributed by atoms with Crippen LogP contribution in [0.25, 0.3) is 10.8 Å². The van der Waals surface area contributed by atoms with Crippen molar-refractivity contribution in [2.24, 2.45) is 13.0 Å². The molecule has 6 nitrogen and oxygen atoms in total. The summed E-state index contributed by atoms with van der Waals surface area (Å²) in [6, 6.07) is 13.9. The SMILES string of the molecule is Cn1ccccc1=O.O=C(C1CCCNC1)N(Cc1cccc2cnccc12)C1CC1. The second-order valence-electron chi connectivity index (χ2n) is 8.40. The average molecular weight is 419 g/mol. The molecule has 0 spiro atoms. The Morgan fingerprint density at radius 2 is 2.03 bits per heavy atom. The molecule has 1 aromatic carbocycles. The van der Waals surface area contributed by atoms with Crippen LogP contribution in [0.1, 0.15) is 31.2 Å². The molecule has 0 bridgehead atoms. The van der Waals surface area contributed by atoms with Crippen molar-refractivity contribution in [3.8, 4) is 0 Å². The Hall–Kier alpha value is -2.99. The van der Waals surface area contributed by atoms with Crippen LogP contribution in [0, 0.1) is 5.92 Å². The van der Waals surface area contributed by atoms with Crippen molar-refractivity contribution in [1.29, 1.82) is 0 Å². The maximum absolute atomic E-state index is 13.0. The maximum atomic E-state index is 13.0. The number of piperidine rings is 1. The molecule has 2 fully saturated rings. The Balaban J connectivity index is 0.000000245. The first-order chi connectivity index (χ1) is 15.1. The second-order valence-corrected chi connectivity index (χ2v) is 8.40. The molecule has 2 aliphatic rings. The van der Waals surface area contributed by atoms with Crippen LogP contribution >= 0.6 is 0 Å². The van der Waals surface area contributed by atoms with E-state index in [-0.39, 0.29) is 11.5 Å². The fraction of sp³-hybridized carbons (Fsp3) is 0.400. The molecule has 1 atom stereocenters. The van der Waals surface area contributed by atoms with Gasteiger partial charge in [-0.2, -0.15) is 0 Å². The lowest BCUT2D eigenvalue weighted by molar-refractivity contribution is -0.137. The number of carbonyl (C=O) groups excluding carboxylic acids is 1. The summed E-state index contributed by atoms with van der Waals surface area (Å²) in [4.78, 5) is 29.9. The van der Waals surface area contributed by atoms with Gasteiger partial charge in [-0.1, -0.05) is 24.3 Å².